The number of nitrogens with zero attached hydrogens (tertiary/aromatic N) is 1. The highest BCUT2D eigenvalue weighted by Gasteiger charge is 2.15. The second-order valence-corrected chi connectivity index (χ2v) is 6.25. The molecule has 1 heterocycles. The molecule has 0 radical (unpaired) electrons. The lowest BCUT2D eigenvalue weighted by atomic mass is 10.2. The molecule has 0 aliphatic rings. The summed E-state index contributed by atoms with van der Waals surface area (Å²) in [6.45, 7) is 1.87. The minimum Gasteiger partial charge on any atom is -0.328 e. The van der Waals surface area contributed by atoms with Gasteiger partial charge in [0.05, 0.1) is 11.2 Å². The normalized spacial score (nSPS) is 11.3. The van der Waals surface area contributed by atoms with Crippen molar-refractivity contribution in [3.8, 4) is 5.69 Å². The molecule has 3 rings (SSSR count). The largest absolute Gasteiger partial charge is 0.328 e. The molecule has 0 bridgehead atoms. The van der Waals surface area contributed by atoms with Gasteiger partial charge < -0.3 is 4.98 Å². The first kappa shape index (κ1) is 14.7. The van der Waals surface area contributed by atoms with Gasteiger partial charge >= 0.3 is 0 Å². The van der Waals surface area contributed by atoms with E-state index in [4.69, 9.17) is 23.8 Å². The molecule has 2 nitrogen and oxygen atoms in total. The summed E-state index contributed by atoms with van der Waals surface area (Å²) < 4.78 is 29.9. The quantitative estimate of drug-likeness (QED) is 0.530. The number of hydrogen-bond acceptors (Lipinski definition) is 1. The molecule has 0 amide bonds. The van der Waals surface area contributed by atoms with Crippen LogP contribution in [0.25, 0.3) is 16.7 Å². The molecule has 0 saturated carbocycles. The number of benzene rings is 2. The minimum atomic E-state index is -0.691. The second kappa shape index (κ2) is 5.19. The Balaban J connectivity index is 2.43. The molecule has 0 fully saturated rings. The van der Waals surface area contributed by atoms with E-state index in [-0.39, 0.29) is 10.3 Å². The van der Waals surface area contributed by atoms with Crippen molar-refractivity contribution in [1.82, 2.24) is 9.55 Å². The highest BCUT2D eigenvalue weighted by atomic mass is 79.9. The van der Waals surface area contributed by atoms with Gasteiger partial charge in [0.1, 0.15) is 11.3 Å². The Labute approximate surface area is 137 Å². The summed E-state index contributed by atoms with van der Waals surface area (Å²) in [5.41, 5.74) is 1.98. The molecular formula is C14H8BrClF2N2S. The Hall–Kier alpha value is -1.24. The van der Waals surface area contributed by atoms with E-state index in [0.29, 0.717) is 16.2 Å². The monoisotopic (exact) mass is 388 g/mol. The molecule has 108 valence electrons. The summed E-state index contributed by atoms with van der Waals surface area (Å²) in [4.78, 5) is 2.75. The van der Waals surface area contributed by atoms with Crippen molar-refractivity contribution < 1.29 is 8.78 Å². The van der Waals surface area contributed by atoms with Crippen molar-refractivity contribution in [2.45, 2.75) is 6.92 Å². The first-order valence-corrected chi connectivity index (χ1v) is 7.52. The van der Waals surface area contributed by atoms with Gasteiger partial charge in [-0.05, 0) is 52.8 Å². The third-order valence-corrected chi connectivity index (χ3v) is 4.51. The van der Waals surface area contributed by atoms with E-state index in [2.05, 4.69) is 20.9 Å². The van der Waals surface area contributed by atoms with Crippen LogP contribution in [0.3, 0.4) is 0 Å². The Morgan fingerprint density at radius 1 is 1.24 bits per heavy atom. The molecule has 0 spiro atoms. The van der Waals surface area contributed by atoms with Gasteiger partial charge in [-0.1, -0.05) is 11.6 Å². The average molecular weight is 390 g/mol. The van der Waals surface area contributed by atoms with E-state index in [1.54, 1.807) is 10.6 Å². The fourth-order valence-corrected chi connectivity index (χ4v) is 3.27. The highest BCUT2D eigenvalue weighted by Crippen LogP contribution is 2.31. The van der Waals surface area contributed by atoms with E-state index >= 15 is 0 Å². The van der Waals surface area contributed by atoms with Crippen LogP contribution in [-0.4, -0.2) is 9.55 Å². The molecule has 7 heteroatoms. The van der Waals surface area contributed by atoms with Crippen molar-refractivity contribution in [3.05, 3.63) is 55.7 Å². The molecule has 0 unspecified atom stereocenters. The van der Waals surface area contributed by atoms with Gasteiger partial charge in [0.25, 0.3) is 0 Å². The summed E-state index contributed by atoms with van der Waals surface area (Å²) in [7, 11) is 0. The van der Waals surface area contributed by atoms with Crippen LogP contribution in [0.5, 0.6) is 0 Å². The molecule has 0 aliphatic heterocycles. The lowest BCUT2D eigenvalue weighted by molar-refractivity contribution is 0.590. The van der Waals surface area contributed by atoms with Crippen LogP contribution >= 0.6 is 39.7 Å². The summed E-state index contributed by atoms with van der Waals surface area (Å²) in [6, 6.07) is 5.57. The van der Waals surface area contributed by atoms with E-state index in [1.807, 2.05) is 13.0 Å². The number of hydrogen-bond donors (Lipinski definition) is 1. The van der Waals surface area contributed by atoms with Crippen molar-refractivity contribution >= 4 is 50.8 Å². The molecule has 3 aromatic rings. The van der Waals surface area contributed by atoms with Crippen molar-refractivity contribution in [2.75, 3.05) is 0 Å². The first-order valence-electron chi connectivity index (χ1n) is 5.94. The van der Waals surface area contributed by atoms with Crippen LogP contribution in [0.15, 0.2) is 28.7 Å². The Morgan fingerprint density at radius 2 is 1.95 bits per heavy atom. The van der Waals surface area contributed by atoms with Gasteiger partial charge in [-0.3, -0.25) is 4.57 Å². The van der Waals surface area contributed by atoms with Crippen LogP contribution in [-0.2, 0) is 0 Å². The zero-order chi connectivity index (χ0) is 15.3. The predicted octanol–water partition coefficient (Wildman–Crippen LogP) is 5.69. The third kappa shape index (κ3) is 2.41. The first-order chi connectivity index (χ1) is 9.88. The van der Waals surface area contributed by atoms with Gasteiger partial charge in [-0.2, -0.15) is 0 Å². The van der Waals surface area contributed by atoms with Crippen molar-refractivity contribution in [3.63, 3.8) is 0 Å². The summed E-state index contributed by atoms with van der Waals surface area (Å²) in [6.07, 6.45) is 0. The summed E-state index contributed by atoms with van der Waals surface area (Å²) in [5, 5.41) is 0.543. The smallest absolute Gasteiger partial charge is 0.182 e. The van der Waals surface area contributed by atoms with Crippen LogP contribution in [0.4, 0.5) is 8.78 Å². The number of aryl methyl sites for hydroxylation is 1. The SMILES string of the molecule is Cc1cc(Br)c(-n2c(=S)[nH]c3c(F)cc(F)cc32)cc1Cl. The lowest BCUT2D eigenvalue weighted by Crippen LogP contribution is -1.97. The average Bonchev–Trinajstić information content (AvgIpc) is 2.71. The topological polar surface area (TPSA) is 20.7 Å². The van der Waals surface area contributed by atoms with E-state index < -0.39 is 11.6 Å². The maximum atomic E-state index is 13.8. The Kier molecular flexibility index (Phi) is 3.63. The van der Waals surface area contributed by atoms with Crippen molar-refractivity contribution in [1.29, 1.82) is 0 Å². The number of halogens is 4. The molecule has 1 aromatic heterocycles. The molecule has 2 aromatic carbocycles. The molecule has 0 atom stereocenters. The van der Waals surface area contributed by atoms with Crippen LogP contribution in [0.1, 0.15) is 5.56 Å². The maximum absolute atomic E-state index is 13.8. The number of fused-ring (bicyclic) bond motifs is 1. The van der Waals surface area contributed by atoms with Crippen molar-refractivity contribution in [2.24, 2.45) is 0 Å². The maximum Gasteiger partial charge on any atom is 0.182 e. The number of aromatic amines is 1. The van der Waals surface area contributed by atoms with Crippen LogP contribution < -0.4 is 0 Å². The van der Waals surface area contributed by atoms with Crippen LogP contribution in [0, 0.1) is 23.3 Å². The molecule has 1 N–H and O–H groups in total. The Bertz CT molecular complexity index is 933. The van der Waals surface area contributed by atoms with E-state index in [9.17, 15) is 8.78 Å². The highest BCUT2D eigenvalue weighted by molar-refractivity contribution is 9.10. The lowest BCUT2D eigenvalue weighted by Gasteiger charge is -2.10. The molecule has 0 aliphatic carbocycles. The number of imidazole rings is 1. The number of H-pyrrole nitrogens is 1. The van der Waals surface area contributed by atoms with Gasteiger partial charge in [0.15, 0.2) is 10.6 Å². The Morgan fingerprint density at radius 3 is 2.67 bits per heavy atom. The fraction of sp³-hybridized carbons (Fsp3) is 0.0714. The minimum absolute atomic E-state index is 0.157. The fourth-order valence-electron chi connectivity index (χ4n) is 2.18. The molecular weight excluding hydrogens is 382 g/mol. The molecule has 21 heavy (non-hydrogen) atoms. The van der Waals surface area contributed by atoms with E-state index in [1.165, 1.54) is 6.07 Å². The zero-order valence-electron chi connectivity index (χ0n) is 10.7. The van der Waals surface area contributed by atoms with Gasteiger partial charge in [0, 0.05) is 21.6 Å². The van der Waals surface area contributed by atoms with Gasteiger partial charge in [0.2, 0.25) is 0 Å². The predicted molar refractivity (Wildman–Crippen MR) is 85.8 cm³/mol. The molecule has 0 saturated heterocycles. The van der Waals surface area contributed by atoms with Crippen LogP contribution in [0.2, 0.25) is 5.02 Å². The number of nitrogens with one attached hydrogen (secondary N) is 1. The number of rotatable bonds is 1. The standard InChI is InChI=1S/C14H8BrClF2N2S/c1-6-2-8(15)11(5-9(6)16)20-12-4-7(17)3-10(18)13(12)19-14(20)21/h2-5H,1H3,(H,19,21). The zero-order valence-corrected chi connectivity index (χ0v) is 13.8. The third-order valence-electron chi connectivity index (χ3n) is 3.18. The second-order valence-electron chi connectivity index (χ2n) is 4.60. The van der Waals surface area contributed by atoms with E-state index in [0.717, 1.165) is 16.1 Å². The summed E-state index contributed by atoms with van der Waals surface area (Å²) >= 11 is 14.8. The van der Waals surface area contributed by atoms with Gasteiger partial charge in [-0.15, -0.1) is 0 Å². The van der Waals surface area contributed by atoms with Gasteiger partial charge in [-0.25, -0.2) is 8.78 Å². The summed E-state index contributed by atoms with van der Waals surface area (Å²) in [5.74, 6) is -1.36. The number of aromatic nitrogens is 2.